The molecule has 1 N–H and O–H groups in total. The Morgan fingerprint density at radius 1 is 1.03 bits per heavy atom. The summed E-state index contributed by atoms with van der Waals surface area (Å²) in [5.41, 5.74) is -1.41. The molecule has 0 amide bonds. The quantitative estimate of drug-likeness (QED) is 0.482. The average Bonchev–Trinajstić information content (AvgIpc) is 2.74. The first-order chi connectivity index (χ1) is 14.6. The van der Waals surface area contributed by atoms with Crippen LogP contribution in [0.5, 0.6) is 0 Å². The molecule has 1 saturated heterocycles. The monoisotopic (exact) mass is 451 g/mol. The van der Waals surface area contributed by atoms with Gasteiger partial charge in [-0.1, -0.05) is 0 Å². The Morgan fingerprint density at radius 2 is 1.61 bits per heavy atom. The van der Waals surface area contributed by atoms with Crippen LogP contribution in [-0.4, -0.2) is 65.5 Å². The van der Waals surface area contributed by atoms with Crippen molar-refractivity contribution in [3.8, 4) is 0 Å². The van der Waals surface area contributed by atoms with Crippen molar-refractivity contribution in [3.63, 3.8) is 0 Å². The van der Waals surface area contributed by atoms with E-state index in [1.54, 1.807) is 12.1 Å². The third-order valence-corrected chi connectivity index (χ3v) is 6.80. The SMILES string of the molecule is CCNc1ccc(N2CCN(S(=O)(=O)c3cc([N+](=O)[O-])c(C)c([N+](=O)[O-])c3)CC2)nn1. The van der Waals surface area contributed by atoms with Gasteiger partial charge in [0, 0.05) is 44.9 Å². The molecule has 0 atom stereocenters. The fourth-order valence-corrected chi connectivity index (χ4v) is 4.73. The lowest BCUT2D eigenvalue weighted by Gasteiger charge is -2.34. The molecule has 13 nitrogen and oxygen atoms in total. The predicted molar refractivity (Wildman–Crippen MR) is 112 cm³/mol. The Hall–Kier alpha value is -3.39. The number of nitro benzene ring substituents is 2. The van der Waals surface area contributed by atoms with Crippen molar-refractivity contribution in [1.29, 1.82) is 0 Å². The van der Waals surface area contributed by atoms with Gasteiger partial charge in [0.25, 0.3) is 11.4 Å². The number of nitrogens with zero attached hydrogens (tertiary/aromatic N) is 6. The van der Waals surface area contributed by atoms with Gasteiger partial charge in [0.05, 0.1) is 14.7 Å². The van der Waals surface area contributed by atoms with Crippen molar-refractivity contribution in [2.24, 2.45) is 0 Å². The average molecular weight is 451 g/mol. The molecule has 166 valence electrons. The topological polar surface area (TPSA) is 165 Å². The second kappa shape index (κ2) is 8.77. The molecule has 1 aromatic heterocycles. The number of hydrogen-bond acceptors (Lipinski definition) is 10. The van der Waals surface area contributed by atoms with E-state index in [0.29, 0.717) is 31.3 Å². The van der Waals surface area contributed by atoms with Crippen LogP contribution in [0.15, 0.2) is 29.2 Å². The van der Waals surface area contributed by atoms with Crippen LogP contribution < -0.4 is 10.2 Å². The van der Waals surface area contributed by atoms with Crippen LogP contribution in [0.2, 0.25) is 0 Å². The summed E-state index contributed by atoms with van der Waals surface area (Å²) in [5.74, 6) is 1.23. The molecule has 0 aliphatic carbocycles. The number of sulfonamides is 1. The Labute approximate surface area is 178 Å². The molecule has 14 heteroatoms. The summed E-state index contributed by atoms with van der Waals surface area (Å²) >= 11 is 0. The number of anilines is 2. The summed E-state index contributed by atoms with van der Waals surface area (Å²) in [7, 11) is -4.16. The summed E-state index contributed by atoms with van der Waals surface area (Å²) in [6.07, 6.45) is 0. The van der Waals surface area contributed by atoms with E-state index in [-0.39, 0.29) is 18.7 Å². The summed E-state index contributed by atoms with van der Waals surface area (Å²) in [5, 5.41) is 33.8. The molecule has 0 unspecified atom stereocenters. The highest BCUT2D eigenvalue weighted by Gasteiger charge is 2.33. The fourth-order valence-electron chi connectivity index (χ4n) is 3.26. The smallest absolute Gasteiger partial charge is 0.280 e. The Morgan fingerprint density at radius 3 is 2.06 bits per heavy atom. The van der Waals surface area contributed by atoms with E-state index >= 15 is 0 Å². The summed E-state index contributed by atoms with van der Waals surface area (Å²) in [4.78, 5) is 22.3. The van der Waals surface area contributed by atoms with Gasteiger partial charge in [-0.3, -0.25) is 20.2 Å². The molecule has 31 heavy (non-hydrogen) atoms. The van der Waals surface area contributed by atoms with E-state index in [0.717, 1.165) is 16.4 Å². The second-order valence-corrected chi connectivity index (χ2v) is 8.74. The van der Waals surface area contributed by atoms with Gasteiger partial charge in [0.1, 0.15) is 11.4 Å². The van der Waals surface area contributed by atoms with Gasteiger partial charge >= 0.3 is 0 Å². The summed E-state index contributed by atoms with van der Waals surface area (Å²) < 4.78 is 27.2. The fraction of sp³-hybridized carbons (Fsp3) is 0.412. The molecule has 2 aromatic rings. The number of benzene rings is 1. The Balaban J connectivity index is 1.81. The number of aromatic nitrogens is 2. The lowest BCUT2D eigenvalue weighted by atomic mass is 10.1. The molecule has 0 bridgehead atoms. The molecule has 1 aromatic carbocycles. The third-order valence-electron chi connectivity index (χ3n) is 4.93. The molecule has 1 fully saturated rings. The van der Waals surface area contributed by atoms with E-state index in [9.17, 15) is 28.6 Å². The Kier molecular flexibility index (Phi) is 6.31. The molecule has 1 aliphatic heterocycles. The molecule has 1 aliphatic rings. The normalized spacial score (nSPS) is 15.0. The lowest BCUT2D eigenvalue weighted by molar-refractivity contribution is -0.395. The summed E-state index contributed by atoms with van der Waals surface area (Å²) in [6.45, 7) is 4.69. The van der Waals surface area contributed by atoms with Crippen molar-refractivity contribution >= 4 is 33.0 Å². The van der Waals surface area contributed by atoms with Crippen LogP contribution in [0.4, 0.5) is 23.0 Å². The van der Waals surface area contributed by atoms with E-state index in [1.807, 2.05) is 11.8 Å². The molecular weight excluding hydrogens is 430 g/mol. The van der Waals surface area contributed by atoms with Crippen LogP contribution in [0.3, 0.4) is 0 Å². The largest absolute Gasteiger partial charge is 0.369 e. The Bertz CT molecular complexity index is 1060. The first-order valence-electron chi connectivity index (χ1n) is 9.41. The van der Waals surface area contributed by atoms with E-state index in [2.05, 4.69) is 15.5 Å². The maximum atomic E-state index is 13.0. The standard InChI is InChI=1S/C17H21N7O6S/c1-3-18-16-4-5-17(20-19-16)21-6-8-22(9-7-21)31(29,30)13-10-14(23(25)26)12(2)15(11-13)24(27)28/h4-5,10-11H,3,6-9H2,1-2H3,(H,18,19). The lowest BCUT2D eigenvalue weighted by Crippen LogP contribution is -2.49. The van der Waals surface area contributed by atoms with Crippen LogP contribution in [0, 0.1) is 27.2 Å². The predicted octanol–water partition coefficient (Wildman–Crippen LogP) is 1.54. The van der Waals surface area contributed by atoms with Gasteiger partial charge in [-0.2, -0.15) is 4.31 Å². The van der Waals surface area contributed by atoms with Gasteiger partial charge in [-0.25, -0.2) is 8.42 Å². The van der Waals surface area contributed by atoms with Crippen LogP contribution in [0.25, 0.3) is 0 Å². The molecule has 0 saturated carbocycles. The van der Waals surface area contributed by atoms with Crippen molar-refractivity contribution in [2.75, 3.05) is 42.9 Å². The number of nitrogens with one attached hydrogen (secondary N) is 1. The molecular formula is C17H21N7O6S. The van der Waals surface area contributed by atoms with Crippen molar-refractivity contribution < 1.29 is 18.3 Å². The van der Waals surface area contributed by atoms with E-state index in [1.165, 1.54) is 6.92 Å². The van der Waals surface area contributed by atoms with Gasteiger partial charge in [-0.15, -0.1) is 10.2 Å². The van der Waals surface area contributed by atoms with Crippen LogP contribution in [0.1, 0.15) is 12.5 Å². The van der Waals surface area contributed by atoms with Gasteiger partial charge in [-0.05, 0) is 26.0 Å². The zero-order chi connectivity index (χ0) is 22.8. The highest BCUT2D eigenvalue weighted by atomic mass is 32.2. The van der Waals surface area contributed by atoms with Gasteiger partial charge < -0.3 is 10.2 Å². The van der Waals surface area contributed by atoms with E-state index < -0.39 is 36.1 Å². The summed E-state index contributed by atoms with van der Waals surface area (Å²) in [6, 6.07) is 5.30. The second-order valence-electron chi connectivity index (χ2n) is 6.80. The zero-order valence-corrected chi connectivity index (χ0v) is 17.7. The maximum Gasteiger partial charge on any atom is 0.280 e. The molecule has 2 heterocycles. The number of hydrogen-bond donors (Lipinski definition) is 1. The molecule has 0 spiro atoms. The van der Waals surface area contributed by atoms with Crippen molar-refractivity contribution in [2.45, 2.75) is 18.7 Å². The zero-order valence-electron chi connectivity index (χ0n) is 16.9. The van der Waals surface area contributed by atoms with Gasteiger partial charge in [0.15, 0.2) is 5.82 Å². The highest BCUT2D eigenvalue weighted by molar-refractivity contribution is 7.89. The minimum Gasteiger partial charge on any atom is -0.369 e. The maximum absolute atomic E-state index is 13.0. The number of rotatable bonds is 7. The minimum absolute atomic E-state index is 0.0917. The van der Waals surface area contributed by atoms with Crippen LogP contribution in [-0.2, 0) is 10.0 Å². The van der Waals surface area contributed by atoms with E-state index in [4.69, 9.17) is 0 Å². The van der Waals surface area contributed by atoms with Crippen molar-refractivity contribution in [1.82, 2.24) is 14.5 Å². The highest BCUT2D eigenvalue weighted by Crippen LogP contribution is 2.32. The van der Waals surface area contributed by atoms with Crippen LogP contribution >= 0.6 is 0 Å². The third kappa shape index (κ3) is 4.54. The molecule has 0 radical (unpaired) electrons. The molecule has 3 rings (SSSR count). The number of nitro groups is 2. The number of piperazine rings is 1. The van der Waals surface area contributed by atoms with Gasteiger partial charge in [0.2, 0.25) is 10.0 Å². The minimum atomic E-state index is -4.16. The first kappa shape index (κ1) is 22.3. The first-order valence-corrected chi connectivity index (χ1v) is 10.8. The van der Waals surface area contributed by atoms with Crippen molar-refractivity contribution in [3.05, 3.63) is 50.1 Å².